The lowest BCUT2D eigenvalue weighted by molar-refractivity contribution is -0.384. The molecule has 0 aliphatic rings. The van der Waals surface area contributed by atoms with Gasteiger partial charge in [0.05, 0.1) is 9.82 Å². The van der Waals surface area contributed by atoms with Crippen LogP contribution in [0.5, 0.6) is 0 Å². The van der Waals surface area contributed by atoms with Gasteiger partial charge in [0.1, 0.15) is 0 Å². The molecule has 0 heterocycles. The van der Waals surface area contributed by atoms with Crippen molar-refractivity contribution in [1.29, 1.82) is 0 Å². The summed E-state index contributed by atoms with van der Waals surface area (Å²) < 4.78 is 23.5. The normalized spacial score (nSPS) is 11.3. The van der Waals surface area contributed by atoms with E-state index in [4.69, 9.17) is 0 Å². The predicted molar refractivity (Wildman–Crippen MR) is 71.3 cm³/mol. The summed E-state index contributed by atoms with van der Waals surface area (Å²) in [5.74, 6) is 0. The SMILES string of the molecule is CC(C)=C/C=N\NS(=O)(=O)c1ccc([N+](=O)[O-])cc1. The number of rotatable bonds is 5. The Kier molecular flexibility index (Phi) is 4.76. The number of nitrogens with zero attached hydrogens (tertiary/aromatic N) is 2. The van der Waals surface area contributed by atoms with Crippen LogP contribution in [0, 0.1) is 10.1 Å². The van der Waals surface area contributed by atoms with E-state index >= 15 is 0 Å². The lowest BCUT2D eigenvalue weighted by Gasteiger charge is -2.02. The van der Waals surface area contributed by atoms with Gasteiger partial charge in [0.15, 0.2) is 0 Å². The third kappa shape index (κ3) is 4.51. The Labute approximate surface area is 110 Å². The quantitative estimate of drug-likeness (QED) is 0.506. The van der Waals surface area contributed by atoms with Crippen LogP contribution >= 0.6 is 0 Å². The van der Waals surface area contributed by atoms with Crippen LogP contribution < -0.4 is 4.83 Å². The maximum Gasteiger partial charge on any atom is 0.276 e. The molecular formula is C11H13N3O4S. The molecule has 0 fully saturated rings. The van der Waals surface area contributed by atoms with Crippen molar-refractivity contribution in [2.24, 2.45) is 5.10 Å². The van der Waals surface area contributed by atoms with Crippen molar-refractivity contribution >= 4 is 21.9 Å². The Morgan fingerprint density at radius 1 is 1.32 bits per heavy atom. The van der Waals surface area contributed by atoms with Gasteiger partial charge in [0.2, 0.25) is 0 Å². The first-order valence-corrected chi connectivity index (χ1v) is 6.74. The molecule has 0 spiro atoms. The van der Waals surface area contributed by atoms with Crippen molar-refractivity contribution in [3.8, 4) is 0 Å². The summed E-state index contributed by atoms with van der Waals surface area (Å²) in [6, 6.07) is 4.54. The average molecular weight is 283 g/mol. The van der Waals surface area contributed by atoms with Crippen molar-refractivity contribution < 1.29 is 13.3 Å². The van der Waals surface area contributed by atoms with Crippen LogP contribution in [-0.2, 0) is 10.0 Å². The van der Waals surface area contributed by atoms with E-state index in [1.807, 2.05) is 18.7 Å². The van der Waals surface area contributed by atoms with E-state index in [-0.39, 0.29) is 10.6 Å². The number of hydrogen-bond donors (Lipinski definition) is 1. The highest BCUT2D eigenvalue weighted by atomic mass is 32.2. The molecule has 1 rings (SSSR count). The van der Waals surface area contributed by atoms with Crippen molar-refractivity contribution in [2.75, 3.05) is 0 Å². The van der Waals surface area contributed by atoms with Crippen LogP contribution in [0.25, 0.3) is 0 Å². The van der Waals surface area contributed by atoms with Crippen molar-refractivity contribution in [3.63, 3.8) is 0 Å². The summed E-state index contributed by atoms with van der Waals surface area (Å²) in [5, 5.41) is 14.0. The third-order valence-corrected chi connectivity index (χ3v) is 3.25. The van der Waals surface area contributed by atoms with E-state index < -0.39 is 14.9 Å². The number of hydrogen-bond acceptors (Lipinski definition) is 5. The highest BCUT2D eigenvalue weighted by Crippen LogP contribution is 2.15. The summed E-state index contributed by atoms with van der Waals surface area (Å²) in [6.07, 6.45) is 2.95. The van der Waals surface area contributed by atoms with Crippen LogP contribution in [0.3, 0.4) is 0 Å². The Morgan fingerprint density at radius 2 is 1.89 bits per heavy atom. The van der Waals surface area contributed by atoms with Crippen molar-refractivity contribution in [3.05, 3.63) is 46.0 Å². The van der Waals surface area contributed by atoms with E-state index in [1.54, 1.807) is 6.08 Å². The van der Waals surface area contributed by atoms with Gasteiger partial charge in [-0.3, -0.25) is 10.1 Å². The first-order chi connectivity index (χ1) is 8.83. The molecule has 1 aromatic carbocycles. The van der Waals surface area contributed by atoms with Gasteiger partial charge in [0.25, 0.3) is 15.7 Å². The summed E-state index contributed by atoms with van der Waals surface area (Å²) in [6.45, 7) is 3.69. The summed E-state index contributed by atoms with van der Waals surface area (Å²) >= 11 is 0. The van der Waals surface area contributed by atoms with Crippen LogP contribution in [0.2, 0.25) is 0 Å². The van der Waals surface area contributed by atoms with Gasteiger partial charge in [0, 0.05) is 18.3 Å². The minimum absolute atomic E-state index is 0.0903. The molecule has 102 valence electrons. The van der Waals surface area contributed by atoms with E-state index in [0.717, 1.165) is 29.8 Å². The number of benzene rings is 1. The zero-order valence-corrected chi connectivity index (χ0v) is 11.2. The second-order valence-electron chi connectivity index (χ2n) is 3.87. The monoisotopic (exact) mass is 283 g/mol. The van der Waals surface area contributed by atoms with Gasteiger partial charge < -0.3 is 0 Å². The number of non-ortho nitro benzene ring substituents is 1. The summed E-state index contributed by atoms with van der Waals surface area (Å²) in [7, 11) is -3.80. The number of nitrogens with one attached hydrogen (secondary N) is 1. The van der Waals surface area contributed by atoms with Crippen LogP contribution in [0.15, 0.2) is 45.9 Å². The molecule has 19 heavy (non-hydrogen) atoms. The molecule has 1 N–H and O–H groups in total. The largest absolute Gasteiger partial charge is 0.276 e. The molecule has 0 saturated carbocycles. The van der Waals surface area contributed by atoms with Crippen LogP contribution in [0.1, 0.15) is 13.8 Å². The Balaban J connectivity index is 2.86. The molecule has 0 unspecified atom stereocenters. The minimum Gasteiger partial charge on any atom is -0.258 e. The van der Waals surface area contributed by atoms with Gasteiger partial charge in [-0.1, -0.05) is 5.57 Å². The van der Waals surface area contributed by atoms with Gasteiger partial charge in [-0.05, 0) is 32.1 Å². The topological polar surface area (TPSA) is 102 Å². The fraction of sp³-hybridized carbons (Fsp3) is 0.182. The van der Waals surface area contributed by atoms with E-state index in [0.29, 0.717) is 0 Å². The highest BCUT2D eigenvalue weighted by Gasteiger charge is 2.14. The molecular weight excluding hydrogens is 270 g/mol. The molecule has 0 aliphatic carbocycles. The maximum absolute atomic E-state index is 11.7. The minimum atomic E-state index is -3.80. The van der Waals surface area contributed by atoms with Crippen molar-refractivity contribution in [1.82, 2.24) is 4.83 Å². The zero-order valence-electron chi connectivity index (χ0n) is 10.4. The summed E-state index contributed by atoms with van der Waals surface area (Å²) in [4.78, 5) is 11.8. The molecule has 1 aromatic rings. The predicted octanol–water partition coefficient (Wildman–Crippen LogP) is 1.83. The molecule has 0 aliphatic heterocycles. The molecule has 0 bridgehead atoms. The van der Waals surface area contributed by atoms with Gasteiger partial charge in [-0.15, -0.1) is 0 Å². The Hall–Kier alpha value is -2.22. The van der Waals surface area contributed by atoms with Crippen LogP contribution in [-0.4, -0.2) is 19.6 Å². The van der Waals surface area contributed by atoms with Crippen molar-refractivity contribution in [2.45, 2.75) is 18.7 Å². The standard InChI is InChI=1S/C11H13N3O4S/c1-9(2)7-8-12-13-19(17,18)11-5-3-10(4-6-11)14(15)16/h3-8,13H,1-2H3/b12-8-. The fourth-order valence-corrected chi connectivity index (χ4v) is 1.89. The highest BCUT2D eigenvalue weighted by molar-refractivity contribution is 7.89. The first-order valence-electron chi connectivity index (χ1n) is 5.26. The molecule has 0 amide bonds. The Morgan fingerprint density at radius 3 is 2.37 bits per heavy atom. The second-order valence-corrected chi connectivity index (χ2v) is 5.53. The number of nitro benzene ring substituents is 1. The molecule has 0 radical (unpaired) electrons. The second kappa shape index (κ2) is 6.10. The zero-order chi connectivity index (χ0) is 14.5. The lowest BCUT2D eigenvalue weighted by Crippen LogP contribution is -2.18. The van der Waals surface area contributed by atoms with Gasteiger partial charge in [-0.2, -0.15) is 13.5 Å². The van der Waals surface area contributed by atoms with Gasteiger partial charge >= 0.3 is 0 Å². The van der Waals surface area contributed by atoms with E-state index in [9.17, 15) is 18.5 Å². The average Bonchev–Trinajstić information content (AvgIpc) is 2.34. The van der Waals surface area contributed by atoms with E-state index in [2.05, 4.69) is 5.10 Å². The smallest absolute Gasteiger partial charge is 0.258 e. The third-order valence-electron chi connectivity index (χ3n) is 2.01. The first kappa shape index (κ1) is 14.8. The molecule has 8 heteroatoms. The molecule has 0 atom stereocenters. The maximum atomic E-state index is 11.7. The summed E-state index contributed by atoms with van der Waals surface area (Å²) in [5.41, 5.74) is 0.797. The van der Waals surface area contributed by atoms with Crippen LogP contribution in [0.4, 0.5) is 5.69 Å². The fourth-order valence-electron chi connectivity index (χ4n) is 1.09. The molecule has 7 nitrogen and oxygen atoms in total. The molecule has 0 saturated heterocycles. The lowest BCUT2D eigenvalue weighted by atomic mass is 10.3. The van der Waals surface area contributed by atoms with E-state index in [1.165, 1.54) is 6.21 Å². The van der Waals surface area contributed by atoms with Gasteiger partial charge in [-0.25, -0.2) is 4.83 Å². The number of hydrazone groups is 1. The number of sulfonamides is 1. The molecule has 0 aromatic heterocycles. The number of allylic oxidation sites excluding steroid dienone is 2. The Bertz CT molecular complexity index is 614. The number of nitro groups is 1.